The molecule has 0 radical (unpaired) electrons. The Kier molecular flexibility index (Phi) is 4.06. The minimum Gasteiger partial charge on any atom is -0.368 e. The summed E-state index contributed by atoms with van der Waals surface area (Å²) in [5.41, 5.74) is 8.60. The molecular weight excluding hydrogens is 208 g/mol. The lowest BCUT2D eigenvalue weighted by molar-refractivity contribution is 0.423. The van der Waals surface area contributed by atoms with E-state index >= 15 is 0 Å². The first-order chi connectivity index (χ1) is 8.22. The van der Waals surface area contributed by atoms with Gasteiger partial charge in [-0.2, -0.15) is 0 Å². The van der Waals surface area contributed by atoms with Crippen LogP contribution in [0.5, 0.6) is 0 Å². The van der Waals surface area contributed by atoms with Crippen molar-refractivity contribution < 1.29 is 0 Å². The van der Waals surface area contributed by atoms with Gasteiger partial charge in [-0.05, 0) is 56.8 Å². The average Bonchev–Trinajstić information content (AvgIpc) is 2.51. The normalized spacial score (nSPS) is 25.7. The highest BCUT2D eigenvalue weighted by Crippen LogP contribution is 2.27. The zero-order valence-electron chi connectivity index (χ0n) is 11.0. The maximum atomic E-state index is 5.91. The van der Waals surface area contributed by atoms with Gasteiger partial charge in [0.15, 0.2) is 0 Å². The molecule has 17 heavy (non-hydrogen) atoms. The number of anilines is 1. The van der Waals surface area contributed by atoms with Gasteiger partial charge >= 0.3 is 0 Å². The van der Waals surface area contributed by atoms with E-state index in [9.17, 15) is 0 Å². The number of benzene rings is 1. The Bertz CT molecular complexity index is 362. The molecule has 1 aliphatic rings. The summed E-state index contributed by atoms with van der Waals surface area (Å²) in [6, 6.07) is 9.38. The van der Waals surface area contributed by atoms with Crippen LogP contribution >= 0.6 is 0 Å². The second-order valence-electron chi connectivity index (χ2n) is 5.26. The van der Waals surface area contributed by atoms with E-state index in [0.717, 1.165) is 6.54 Å². The smallest absolute Gasteiger partial charge is 0.0371 e. The van der Waals surface area contributed by atoms with Crippen LogP contribution in [-0.4, -0.2) is 19.1 Å². The molecule has 0 saturated carbocycles. The molecule has 94 valence electrons. The fraction of sp³-hybridized carbons (Fsp3) is 0.600. The van der Waals surface area contributed by atoms with Gasteiger partial charge in [-0.15, -0.1) is 0 Å². The van der Waals surface area contributed by atoms with E-state index in [1.54, 1.807) is 0 Å². The molecule has 1 heterocycles. The van der Waals surface area contributed by atoms with Gasteiger partial charge < -0.3 is 10.6 Å². The Morgan fingerprint density at radius 2 is 2.18 bits per heavy atom. The molecule has 0 bridgehead atoms. The third-order valence-corrected chi connectivity index (χ3v) is 4.03. The van der Waals surface area contributed by atoms with E-state index in [2.05, 4.69) is 43.0 Å². The van der Waals surface area contributed by atoms with Crippen LogP contribution in [0.2, 0.25) is 0 Å². The van der Waals surface area contributed by atoms with Gasteiger partial charge in [-0.3, -0.25) is 0 Å². The standard InChI is InChI=1S/C15H24N2/c1-12-6-5-8-15(10-12)17-9-4-3-7-14(11-16)13(17)2/h5-6,8,10,13-14H,3-4,7,9,11,16H2,1-2H3/t13-,14-/m1/s1. The van der Waals surface area contributed by atoms with Crippen LogP contribution in [-0.2, 0) is 0 Å². The molecule has 0 unspecified atom stereocenters. The number of nitrogens with two attached hydrogens (primary N) is 1. The fourth-order valence-corrected chi connectivity index (χ4v) is 2.87. The van der Waals surface area contributed by atoms with E-state index < -0.39 is 0 Å². The number of rotatable bonds is 2. The van der Waals surface area contributed by atoms with Crippen LogP contribution in [0, 0.1) is 12.8 Å². The van der Waals surface area contributed by atoms with E-state index in [0.29, 0.717) is 12.0 Å². The van der Waals surface area contributed by atoms with Gasteiger partial charge in [0.1, 0.15) is 0 Å². The molecule has 1 saturated heterocycles. The lowest BCUT2D eigenvalue weighted by Gasteiger charge is -2.34. The van der Waals surface area contributed by atoms with Gasteiger partial charge in [0.05, 0.1) is 0 Å². The van der Waals surface area contributed by atoms with E-state index in [-0.39, 0.29) is 0 Å². The monoisotopic (exact) mass is 232 g/mol. The third kappa shape index (κ3) is 2.81. The van der Waals surface area contributed by atoms with E-state index in [1.807, 2.05) is 0 Å². The predicted molar refractivity (Wildman–Crippen MR) is 74.4 cm³/mol. The largest absolute Gasteiger partial charge is 0.368 e. The molecular formula is C15H24N2. The first-order valence-electron chi connectivity index (χ1n) is 6.75. The molecule has 0 aliphatic carbocycles. The van der Waals surface area contributed by atoms with Gasteiger partial charge in [0, 0.05) is 18.3 Å². The van der Waals surface area contributed by atoms with Gasteiger partial charge in [0.2, 0.25) is 0 Å². The molecule has 2 heteroatoms. The van der Waals surface area contributed by atoms with E-state index in [1.165, 1.54) is 37.1 Å². The van der Waals surface area contributed by atoms with Crippen molar-refractivity contribution in [1.82, 2.24) is 0 Å². The Balaban J connectivity index is 2.23. The highest BCUT2D eigenvalue weighted by Gasteiger charge is 2.25. The molecule has 1 aromatic rings. The third-order valence-electron chi connectivity index (χ3n) is 4.03. The summed E-state index contributed by atoms with van der Waals surface area (Å²) in [5, 5.41) is 0. The highest BCUT2D eigenvalue weighted by atomic mass is 15.2. The van der Waals surface area contributed by atoms with Crippen molar-refractivity contribution in [2.24, 2.45) is 11.7 Å². The number of hydrogen-bond acceptors (Lipinski definition) is 2. The summed E-state index contributed by atoms with van der Waals surface area (Å²) in [7, 11) is 0. The molecule has 0 spiro atoms. The molecule has 2 N–H and O–H groups in total. The first kappa shape index (κ1) is 12.4. The first-order valence-corrected chi connectivity index (χ1v) is 6.75. The van der Waals surface area contributed by atoms with Crippen LogP contribution in [0.3, 0.4) is 0 Å². The van der Waals surface area contributed by atoms with Crippen molar-refractivity contribution in [3.8, 4) is 0 Å². The molecule has 0 amide bonds. The Morgan fingerprint density at radius 1 is 1.35 bits per heavy atom. The van der Waals surface area contributed by atoms with Crippen LogP contribution in [0.1, 0.15) is 31.7 Å². The van der Waals surface area contributed by atoms with Gasteiger partial charge in [-0.1, -0.05) is 18.6 Å². The van der Waals surface area contributed by atoms with Crippen LogP contribution in [0.4, 0.5) is 5.69 Å². The lowest BCUT2D eigenvalue weighted by Crippen LogP contribution is -2.40. The van der Waals surface area contributed by atoms with Crippen LogP contribution in [0.15, 0.2) is 24.3 Å². The maximum absolute atomic E-state index is 5.91. The SMILES string of the molecule is Cc1cccc(N2CCCC[C@H](CN)[C@H]2C)c1. The molecule has 2 rings (SSSR count). The Morgan fingerprint density at radius 3 is 2.88 bits per heavy atom. The summed E-state index contributed by atoms with van der Waals surface area (Å²) in [6.45, 7) is 6.46. The summed E-state index contributed by atoms with van der Waals surface area (Å²) in [6.07, 6.45) is 3.88. The molecule has 1 aromatic carbocycles. The molecule has 2 nitrogen and oxygen atoms in total. The summed E-state index contributed by atoms with van der Waals surface area (Å²) < 4.78 is 0. The number of aryl methyl sites for hydroxylation is 1. The van der Waals surface area contributed by atoms with Crippen molar-refractivity contribution in [1.29, 1.82) is 0 Å². The zero-order valence-corrected chi connectivity index (χ0v) is 11.0. The molecule has 2 atom stereocenters. The van der Waals surface area contributed by atoms with Crippen LogP contribution in [0.25, 0.3) is 0 Å². The predicted octanol–water partition coefficient (Wildman–Crippen LogP) is 2.95. The van der Waals surface area contributed by atoms with Crippen LogP contribution < -0.4 is 10.6 Å². The number of hydrogen-bond donors (Lipinski definition) is 1. The molecule has 0 aromatic heterocycles. The summed E-state index contributed by atoms with van der Waals surface area (Å²) >= 11 is 0. The minimum absolute atomic E-state index is 0.560. The van der Waals surface area contributed by atoms with Crippen molar-refractivity contribution in [2.45, 2.75) is 39.2 Å². The quantitative estimate of drug-likeness (QED) is 0.849. The Labute approximate surface area is 105 Å². The summed E-state index contributed by atoms with van der Waals surface area (Å²) in [5.74, 6) is 0.637. The van der Waals surface area contributed by atoms with Crippen molar-refractivity contribution in [2.75, 3.05) is 18.0 Å². The van der Waals surface area contributed by atoms with Gasteiger partial charge in [-0.25, -0.2) is 0 Å². The molecule has 1 fully saturated rings. The van der Waals surface area contributed by atoms with Crippen molar-refractivity contribution in [3.05, 3.63) is 29.8 Å². The highest BCUT2D eigenvalue weighted by molar-refractivity contribution is 5.49. The zero-order chi connectivity index (χ0) is 12.3. The lowest BCUT2D eigenvalue weighted by atomic mass is 9.96. The second kappa shape index (κ2) is 5.54. The fourth-order valence-electron chi connectivity index (χ4n) is 2.87. The second-order valence-corrected chi connectivity index (χ2v) is 5.26. The minimum atomic E-state index is 0.560. The summed E-state index contributed by atoms with van der Waals surface area (Å²) in [4.78, 5) is 2.54. The van der Waals surface area contributed by atoms with E-state index in [4.69, 9.17) is 5.73 Å². The van der Waals surface area contributed by atoms with Crippen molar-refractivity contribution in [3.63, 3.8) is 0 Å². The topological polar surface area (TPSA) is 29.3 Å². The molecule has 1 aliphatic heterocycles. The average molecular weight is 232 g/mol. The van der Waals surface area contributed by atoms with Crippen molar-refractivity contribution >= 4 is 5.69 Å². The maximum Gasteiger partial charge on any atom is 0.0371 e. The van der Waals surface area contributed by atoms with Gasteiger partial charge in [0.25, 0.3) is 0 Å². The Hall–Kier alpha value is -1.02. The number of nitrogens with zero attached hydrogens (tertiary/aromatic N) is 1.